The van der Waals surface area contributed by atoms with Crippen LogP contribution in [0.2, 0.25) is 0 Å². The predicted octanol–water partition coefficient (Wildman–Crippen LogP) is 1.92. The Labute approximate surface area is 84.1 Å². The van der Waals surface area contributed by atoms with Crippen LogP contribution >= 0.6 is 0 Å². The standard InChI is InChI=1S/C11H15NO2/c1-9(2)5-7-14-11-10(8-13)4-3-6-12-11/h3-4,6,13H,1,5,7-8H2,2H3. The van der Waals surface area contributed by atoms with Gasteiger partial charge in [-0.15, -0.1) is 6.58 Å². The van der Waals surface area contributed by atoms with E-state index in [0.717, 1.165) is 12.0 Å². The average Bonchev–Trinajstić information content (AvgIpc) is 2.18. The molecule has 1 rings (SSSR count). The highest BCUT2D eigenvalue weighted by Crippen LogP contribution is 2.14. The summed E-state index contributed by atoms with van der Waals surface area (Å²) in [6.45, 7) is 6.24. The molecule has 0 bridgehead atoms. The number of rotatable bonds is 5. The van der Waals surface area contributed by atoms with Crippen LogP contribution in [0.4, 0.5) is 0 Å². The summed E-state index contributed by atoms with van der Waals surface area (Å²) < 4.78 is 5.41. The number of hydrogen-bond donors (Lipinski definition) is 1. The summed E-state index contributed by atoms with van der Waals surface area (Å²) in [5.74, 6) is 0.510. The summed E-state index contributed by atoms with van der Waals surface area (Å²) in [5, 5.41) is 8.99. The van der Waals surface area contributed by atoms with Crippen molar-refractivity contribution in [1.82, 2.24) is 4.98 Å². The molecular weight excluding hydrogens is 178 g/mol. The molecule has 0 radical (unpaired) electrons. The lowest BCUT2D eigenvalue weighted by Crippen LogP contribution is -2.02. The SMILES string of the molecule is C=C(C)CCOc1ncccc1CO. The van der Waals surface area contributed by atoms with E-state index in [4.69, 9.17) is 9.84 Å². The van der Waals surface area contributed by atoms with Crippen molar-refractivity contribution in [2.45, 2.75) is 20.0 Å². The molecule has 0 fully saturated rings. The molecule has 0 aliphatic carbocycles. The molecule has 0 aliphatic heterocycles. The number of ether oxygens (including phenoxy) is 1. The molecule has 3 nitrogen and oxygen atoms in total. The molecule has 1 aromatic rings. The van der Waals surface area contributed by atoms with Crippen LogP contribution in [0.25, 0.3) is 0 Å². The molecule has 0 saturated carbocycles. The van der Waals surface area contributed by atoms with Crippen molar-refractivity contribution < 1.29 is 9.84 Å². The van der Waals surface area contributed by atoms with Crippen LogP contribution in [-0.2, 0) is 6.61 Å². The zero-order chi connectivity index (χ0) is 10.4. The monoisotopic (exact) mass is 193 g/mol. The number of aliphatic hydroxyl groups excluding tert-OH is 1. The zero-order valence-electron chi connectivity index (χ0n) is 8.36. The lowest BCUT2D eigenvalue weighted by atomic mass is 10.2. The van der Waals surface area contributed by atoms with Crippen molar-refractivity contribution in [2.24, 2.45) is 0 Å². The van der Waals surface area contributed by atoms with E-state index in [1.165, 1.54) is 0 Å². The normalized spacial score (nSPS) is 9.86. The average molecular weight is 193 g/mol. The van der Waals surface area contributed by atoms with Crippen LogP contribution in [0.3, 0.4) is 0 Å². The Morgan fingerprint density at radius 2 is 2.43 bits per heavy atom. The van der Waals surface area contributed by atoms with Gasteiger partial charge in [0.15, 0.2) is 0 Å². The molecule has 0 atom stereocenters. The van der Waals surface area contributed by atoms with Crippen LogP contribution in [-0.4, -0.2) is 16.7 Å². The first kappa shape index (κ1) is 10.7. The second-order valence-electron chi connectivity index (χ2n) is 3.18. The number of hydrogen-bond acceptors (Lipinski definition) is 3. The second-order valence-corrected chi connectivity index (χ2v) is 3.18. The molecule has 14 heavy (non-hydrogen) atoms. The van der Waals surface area contributed by atoms with E-state index < -0.39 is 0 Å². The van der Waals surface area contributed by atoms with E-state index in [9.17, 15) is 0 Å². The van der Waals surface area contributed by atoms with Crippen molar-refractivity contribution in [3.63, 3.8) is 0 Å². The number of aliphatic hydroxyl groups is 1. The third-order valence-corrected chi connectivity index (χ3v) is 1.79. The number of aromatic nitrogens is 1. The molecule has 1 aromatic heterocycles. The molecule has 3 heteroatoms. The highest BCUT2D eigenvalue weighted by Gasteiger charge is 2.02. The molecule has 1 heterocycles. The fraction of sp³-hybridized carbons (Fsp3) is 0.364. The van der Waals surface area contributed by atoms with Gasteiger partial charge in [-0.05, 0) is 19.1 Å². The maximum Gasteiger partial charge on any atom is 0.218 e. The zero-order valence-corrected chi connectivity index (χ0v) is 8.36. The maximum atomic E-state index is 8.99. The van der Waals surface area contributed by atoms with Crippen LogP contribution in [0.1, 0.15) is 18.9 Å². The van der Waals surface area contributed by atoms with Gasteiger partial charge in [0, 0.05) is 18.2 Å². The fourth-order valence-corrected chi connectivity index (χ4v) is 0.996. The van der Waals surface area contributed by atoms with Crippen molar-refractivity contribution in [2.75, 3.05) is 6.61 Å². The predicted molar refractivity (Wildman–Crippen MR) is 55.1 cm³/mol. The van der Waals surface area contributed by atoms with Crippen LogP contribution in [0, 0.1) is 0 Å². The van der Waals surface area contributed by atoms with E-state index >= 15 is 0 Å². The lowest BCUT2D eigenvalue weighted by Gasteiger charge is -2.07. The Hall–Kier alpha value is -1.35. The number of nitrogens with zero attached hydrogens (tertiary/aromatic N) is 1. The summed E-state index contributed by atoms with van der Waals surface area (Å²) in [6.07, 6.45) is 2.46. The van der Waals surface area contributed by atoms with E-state index in [2.05, 4.69) is 11.6 Å². The van der Waals surface area contributed by atoms with Crippen molar-refractivity contribution in [3.05, 3.63) is 36.0 Å². The highest BCUT2D eigenvalue weighted by molar-refractivity contribution is 5.24. The maximum absolute atomic E-state index is 8.99. The quantitative estimate of drug-likeness (QED) is 0.726. The summed E-state index contributed by atoms with van der Waals surface area (Å²) in [7, 11) is 0. The van der Waals surface area contributed by atoms with Gasteiger partial charge in [-0.1, -0.05) is 5.57 Å². The van der Waals surface area contributed by atoms with E-state index in [1.807, 2.05) is 6.92 Å². The molecule has 0 unspecified atom stereocenters. The Balaban J connectivity index is 2.53. The van der Waals surface area contributed by atoms with Gasteiger partial charge in [0.25, 0.3) is 0 Å². The van der Waals surface area contributed by atoms with Gasteiger partial charge in [-0.25, -0.2) is 4.98 Å². The largest absolute Gasteiger partial charge is 0.477 e. The van der Waals surface area contributed by atoms with Gasteiger partial charge in [0.1, 0.15) is 0 Å². The number of pyridine rings is 1. The first-order chi connectivity index (χ1) is 6.74. The molecule has 76 valence electrons. The van der Waals surface area contributed by atoms with Gasteiger partial charge < -0.3 is 9.84 Å². The van der Waals surface area contributed by atoms with E-state index in [0.29, 0.717) is 18.1 Å². The van der Waals surface area contributed by atoms with Crippen molar-refractivity contribution in [3.8, 4) is 5.88 Å². The smallest absolute Gasteiger partial charge is 0.218 e. The van der Waals surface area contributed by atoms with E-state index in [1.54, 1.807) is 18.3 Å². The summed E-state index contributed by atoms with van der Waals surface area (Å²) in [4.78, 5) is 4.03. The Bertz CT molecular complexity index is 310. The Morgan fingerprint density at radius 3 is 3.07 bits per heavy atom. The van der Waals surface area contributed by atoms with Gasteiger partial charge in [-0.3, -0.25) is 0 Å². The van der Waals surface area contributed by atoms with Crippen LogP contribution in [0.15, 0.2) is 30.5 Å². The molecule has 0 spiro atoms. The Morgan fingerprint density at radius 1 is 1.64 bits per heavy atom. The minimum absolute atomic E-state index is 0.0454. The van der Waals surface area contributed by atoms with E-state index in [-0.39, 0.29) is 6.61 Å². The molecule has 1 N–H and O–H groups in total. The fourth-order valence-electron chi connectivity index (χ4n) is 0.996. The molecule has 0 saturated heterocycles. The minimum atomic E-state index is -0.0454. The minimum Gasteiger partial charge on any atom is -0.477 e. The first-order valence-corrected chi connectivity index (χ1v) is 4.56. The summed E-state index contributed by atoms with van der Waals surface area (Å²) >= 11 is 0. The van der Waals surface area contributed by atoms with Crippen molar-refractivity contribution >= 4 is 0 Å². The lowest BCUT2D eigenvalue weighted by molar-refractivity contribution is 0.258. The highest BCUT2D eigenvalue weighted by atomic mass is 16.5. The summed E-state index contributed by atoms with van der Waals surface area (Å²) in [6, 6.07) is 3.57. The first-order valence-electron chi connectivity index (χ1n) is 4.56. The third-order valence-electron chi connectivity index (χ3n) is 1.79. The topological polar surface area (TPSA) is 42.4 Å². The second kappa shape index (κ2) is 5.40. The van der Waals surface area contributed by atoms with Crippen LogP contribution < -0.4 is 4.74 Å². The van der Waals surface area contributed by atoms with Crippen LogP contribution in [0.5, 0.6) is 5.88 Å². The molecule has 0 aliphatic rings. The van der Waals surface area contributed by atoms with Gasteiger partial charge in [0.05, 0.1) is 13.2 Å². The van der Waals surface area contributed by atoms with Gasteiger partial charge in [-0.2, -0.15) is 0 Å². The molecule has 0 aromatic carbocycles. The molecule has 0 amide bonds. The molecular formula is C11H15NO2. The van der Waals surface area contributed by atoms with Gasteiger partial charge in [0.2, 0.25) is 5.88 Å². The Kier molecular flexibility index (Phi) is 4.13. The third kappa shape index (κ3) is 3.18. The summed E-state index contributed by atoms with van der Waals surface area (Å²) in [5.41, 5.74) is 1.79. The van der Waals surface area contributed by atoms with Gasteiger partial charge >= 0.3 is 0 Å². The van der Waals surface area contributed by atoms with Crippen molar-refractivity contribution in [1.29, 1.82) is 0 Å².